The van der Waals surface area contributed by atoms with Crippen LogP contribution in [0.1, 0.15) is 48.8 Å². The first kappa shape index (κ1) is 26.8. The number of fused-ring (bicyclic) bond motifs is 2. The van der Waals surface area contributed by atoms with Crippen LogP contribution >= 0.6 is 0 Å². The number of benzene rings is 3. The van der Waals surface area contributed by atoms with Crippen molar-refractivity contribution in [2.24, 2.45) is 0 Å². The Balaban J connectivity index is 1.29. The fraction of sp³-hybridized carbons (Fsp3) is 0.355. The minimum absolute atomic E-state index is 0.0122. The summed E-state index contributed by atoms with van der Waals surface area (Å²) in [5.41, 5.74) is 2.23. The number of ether oxygens (including phenoxy) is 1. The van der Waals surface area contributed by atoms with Gasteiger partial charge in [-0.15, -0.1) is 0 Å². The number of hydrogen-bond donors (Lipinski definition) is 1. The Bertz CT molecular complexity index is 1310. The Hall–Kier alpha value is -3.78. The number of hydrogen-bond acceptors (Lipinski definition) is 4. The van der Waals surface area contributed by atoms with Crippen molar-refractivity contribution >= 4 is 17.7 Å². The van der Waals surface area contributed by atoms with Crippen LogP contribution in [0.15, 0.2) is 72.8 Å². The quantitative estimate of drug-likeness (QED) is 0.384. The standard InChI is InChI=1S/C31H33F2N3O3/c1-2-36(21-22-6-4-3-5-7-22)29(37)26(23-8-10-24(32)11-9-23)14-17-35-18-15-31(16-19-35)27-20-25(33)12-13-28(27)34-30(38)39-31/h3-13,20,26H,2,14-19,21H2,1H3,(H,34,38). The van der Waals surface area contributed by atoms with Crippen LogP contribution in [0.25, 0.3) is 0 Å². The number of amides is 2. The van der Waals surface area contributed by atoms with Gasteiger partial charge in [-0.25, -0.2) is 13.6 Å². The van der Waals surface area contributed by atoms with Gasteiger partial charge in [0.05, 0.1) is 11.6 Å². The highest BCUT2D eigenvalue weighted by atomic mass is 19.1. The predicted molar refractivity (Wildman–Crippen MR) is 145 cm³/mol. The van der Waals surface area contributed by atoms with E-state index in [4.69, 9.17) is 4.74 Å². The second kappa shape index (κ2) is 11.5. The van der Waals surface area contributed by atoms with E-state index in [1.165, 1.54) is 24.3 Å². The number of anilines is 1. The molecule has 1 N–H and O–H groups in total. The predicted octanol–water partition coefficient (Wildman–Crippen LogP) is 6.04. The van der Waals surface area contributed by atoms with E-state index < -0.39 is 17.6 Å². The van der Waals surface area contributed by atoms with Crippen LogP contribution in [-0.4, -0.2) is 48.0 Å². The first-order valence-corrected chi connectivity index (χ1v) is 13.5. The van der Waals surface area contributed by atoms with Crippen LogP contribution in [0.2, 0.25) is 0 Å². The molecule has 0 aromatic heterocycles. The molecule has 1 unspecified atom stereocenters. The van der Waals surface area contributed by atoms with E-state index in [-0.39, 0.29) is 17.5 Å². The molecule has 0 bridgehead atoms. The van der Waals surface area contributed by atoms with Crippen molar-refractivity contribution in [1.29, 1.82) is 0 Å². The molecule has 8 heteroatoms. The summed E-state index contributed by atoms with van der Waals surface area (Å²) in [5, 5.41) is 2.67. The average Bonchev–Trinajstić information content (AvgIpc) is 2.94. The largest absolute Gasteiger partial charge is 0.438 e. The van der Waals surface area contributed by atoms with Gasteiger partial charge in [-0.3, -0.25) is 10.1 Å². The molecule has 1 saturated heterocycles. The SMILES string of the molecule is CCN(Cc1ccccc1)C(=O)C(CCN1CCC2(CC1)OC(=O)Nc1ccc(F)cc12)c1ccc(F)cc1. The number of carbonyl (C=O) groups excluding carboxylic acids is 2. The van der Waals surface area contributed by atoms with Gasteiger partial charge in [-0.2, -0.15) is 0 Å². The minimum atomic E-state index is -0.864. The summed E-state index contributed by atoms with van der Waals surface area (Å²) >= 11 is 0. The van der Waals surface area contributed by atoms with Gasteiger partial charge in [0, 0.05) is 44.6 Å². The molecule has 3 aromatic rings. The zero-order valence-corrected chi connectivity index (χ0v) is 22.0. The van der Waals surface area contributed by atoms with E-state index in [2.05, 4.69) is 10.2 Å². The number of likely N-dealkylation sites (tertiary alicyclic amines) is 1. The highest BCUT2D eigenvalue weighted by Gasteiger charge is 2.44. The van der Waals surface area contributed by atoms with Crippen molar-refractivity contribution in [2.75, 3.05) is 31.5 Å². The summed E-state index contributed by atoms with van der Waals surface area (Å²) in [6.45, 7) is 4.95. The van der Waals surface area contributed by atoms with Crippen LogP contribution in [0.3, 0.4) is 0 Å². The van der Waals surface area contributed by atoms with Crippen molar-refractivity contribution in [3.05, 3.63) is 101 Å². The highest BCUT2D eigenvalue weighted by molar-refractivity contribution is 5.89. The highest BCUT2D eigenvalue weighted by Crippen LogP contribution is 2.44. The monoisotopic (exact) mass is 533 g/mol. The topological polar surface area (TPSA) is 61.9 Å². The Labute approximate surface area is 227 Å². The molecule has 1 fully saturated rings. The van der Waals surface area contributed by atoms with E-state index in [1.807, 2.05) is 42.2 Å². The number of likely N-dealkylation sites (N-methyl/N-ethyl adjacent to an activating group) is 1. The van der Waals surface area contributed by atoms with Gasteiger partial charge in [0.25, 0.3) is 0 Å². The summed E-state index contributed by atoms with van der Waals surface area (Å²) < 4.78 is 33.5. The Morgan fingerprint density at radius 2 is 1.72 bits per heavy atom. The molecule has 2 aliphatic heterocycles. The molecule has 3 aromatic carbocycles. The van der Waals surface area contributed by atoms with Crippen LogP contribution in [-0.2, 0) is 21.7 Å². The van der Waals surface area contributed by atoms with E-state index in [0.717, 1.165) is 11.1 Å². The first-order chi connectivity index (χ1) is 18.9. The molecule has 39 heavy (non-hydrogen) atoms. The lowest BCUT2D eigenvalue weighted by atomic mass is 9.82. The molecule has 1 atom stereocenters. The van der Waals surface area contributed by atoms with Crippen LogP contribution in [0.5, 0.6) is 0 Å². The molecule has 0 radical (unpaired) electrons. The van der Waals surface area contributed by atoms with Crippen LogP contribution in [0.4, 0.5) is 19.3 Å². The molecule has 2 amide bonds. The van der Waals surface area contributed by atoms with Gasteiger partial charge in [-0.05, 0) is 61.3 Å². The Morgan fingerprint density at radius 3 is 2.41 bits per heavy atom. The maximum atomic E-state index is 14.1. The van der Waals surface area contributed by atoms with Gasteiger partial charge >= 0.3 is 6.09 Å². The maximum Gasteiger partial charge on any atom is 0.412 e. The van der Waals surface area contributed by atoms with E-state index in [9.17, 15) is 18.4 Å². The maximum absolute atomic E-state index is 14.1. The van der Waals surface area contributed by atoms with E-state index in [0.29, 0.717) is 63.2 Å². The zero-order chi connectivity index (χ0) is 27.4. The van der Waals surface area contributed by atoms with Crippen LogP contribution in [0, 0.1) is 11.6 Å². The third-order valence-electron chi connectivity index (χ3n) is 7.88. The van der Waals surface area contributed by atoms with Crippen molar-refractivity contribution in [3.63, 3.8) is 0 Å². The first-order valence-electron chi connectivity index (χ1n) is 13.5. The molecule has 2 aliphatic rings. The lowest BCUT2D eigenvalue weighted by molar-refractivity contribution is -0.133. The third kappa shape index (κ3) is 5.96. The Kier molecular flexibility index (Phi) is 7.93. The molecule has 0 saturated carbocycles. The normalized spacial score (nSPS) is 17.2. The fourth-order valence-electron chi connectivity index (χ4n) is 5.69. The summed E-state index contributed by atoms with van der Waals surface area (Å²) in [5.74, 6) is -1.11. The summed E-state index contributed by atoms with van der Waals surface area (Å²) in [6, 6.07) is 20.4. The summed E-state index contributed by atoms with van der Waals surface area (Å²) in [4.78, 5) is 30.1. The smallest absolute Gasteiger partial charge is 0.412 e. The number of nitrogens with one attached hydrogen (secondary N) is 1. The minimum Gasteiger partial charge on any atom is -0.438 e. The van der Waals surface area contributed by atoms with Gasteiger partial charge in [0.15, 0.2) is 0 Å². The Morgan fingerprint density at radius 1 is 1.03 bits per heavy atom. The van der Waals surface area contributed by atoms with Crippen molar-refractivity contribution in [2.45, 2.75) is 44.2 Å². The van der Waals surface area contributed by atoms with Crippen molar-refractivity contribution < 1.29 is 23.1 Å². The summed E-state index contributed by atoms with van der Waals surface area (Å²) in [7, 11) is 0. The van der Waals surface area contributed by atoms with Gasteiger partial charge in [0.1, 0.15) is 17.2 Å². The lowest BCUT2D eigenvalue weighted by Gasteiger charge is -2.44. The third-order valence-corrected chi connectivity index (χ3v) is 7.88. The number of rotatable bonds is 8. The van der Waals surface area contributed by atoms with Crippen molar-refractivity contribution in [1.82, 2.24) is 9.80 Å². The molecule has 5 rings (SSSR count). The molecule has 6 nitrogen and oxygen atoms in total. The van der Waals surface area contributed by atoms with Gasteiger partial charge < -0.3 is 14.5 Å². The number of carbonyl (C=O) groups is 2. The summed E-state index contributed by atoms with van der Waals surface area (Å²) in [6.07, 6.45) is 1.10. The van der Waals surface area contributed by atoms with Gasteiger partial charge in [-0.1, -0.05) is 42.5 Å². The second-order valence-corrected chi connectivity index (χ2v) is 10.3. The van der Waals surface area contributed by atoms with Crippen LogP contribution < -0.4 is 5.32 Å². The second-order valence-electron chi connectivity index (χ2n) is 10.3. The molecule has 0 aliphatic carbocycles. The lowest BCUT2D eigenvalue weighted by Crippen LogP contribution is -2.48. The molecular formula is C31H33F2N3O3. The molecular weight excluding hydrogens is 500 g/mol. The average molecular weight is 534 g/mol. The van der Waals surface area contributed by atoms with Gasteiger partial charge in [0.2, 0.25) is 5.91 Å². The van der Waals surface area contributed by atoms with Crippen molar-refractivity contribution in [3.8, 4) is 0 Å². The molecule has 1 spiro atoms. The van der Waals surface area contributed by atoms with E-state index in [1.54, 1.807) is 18.2 Å². The molecule has 2 heterocycles. The number of piperidine rings is 1. The molecule has 204 valence electrons. The number of halogens is 2. The zero-order valence-electron chi connectivity index (χ0n) is 22.0. The number of nitrogens with zero attached hydrogens (tertiary/aromatic N) is 2. The van der Waals surface area contributed by atoms with E-state index >= 15 is 0 Å². The fourth-order valence-corrected chi connectivity index (χ4v) is 5.69.